The Hall–Kier alpha value is -1.54. The van der Waals surface area contributed by atoms with Gasteiger partial charge in [0.2, 0.25) is 5.91 Å². The lowest BCUT2D eigenvalue weighted by Crippen LogP contribution is -2.27. The zero-order chi connectivity index (χ0) is 13.7. The summed E-state index contributed by atoms with van der Waals surface area (Å²) in [5.74, 6) is 0.0487. The first-order valence-corrected chi connectivity index (χ1v) is 6.97. The fourth-order valence-corrected chi connectivity index (χ4v) is 2.12. The predicted octanol–water partition coefficient (Wildman–Crippen LogP) is 3.52. The molecule has 0 radical (unpaired) electrons. The van der Waals surface area contributed by atoms with E-state index >= 15 is 0 Å². The van der Waals surface area contributed by atoms with Crippen LogP contribution in [0.3, 0.4) is 0 Å². The molecule has 0 aliphatic rings. The maximum absolute atomic E-state index is 11.8. The van der Waals surface area contributed by atoms with Crippen LogP contribution < -0.4 is 5.32 Å². The van der Waals surface area contributed by atoms with E-state index in [0.717, 1.165) is 12.0 Å². The van der Waals surface area contributed by atoms with Crippen LogP contribution in [-0.4, -0.2) is 17.8 Å². The lowest BCUT2D eigenvalue weighted by molar-refractivity contribution is -0.120. The van der Waals surface area contributed by atoms with E-state index in [-0.39, 0.29) is 11.3 Å². The Morgan fingerprint density at radius 2 is 1.95 bits per heavy atom. The van der Waals surface area contributed by atoms with Crippen LogP contribution in [0.2, 0.25) is 0 Å². The van der Waals surface area contributed by atoms with Gasteiger partial charge in [-0.3, -0.25) is 4.79 Å². The van der Waals surface area contributed by atoms with Crippen molar-refractivity contribution in [2.75, 3.05) is 6.54 Å². The smallest absolute Gasteiger partial charge is 0.224 e. The maximum atomic E-state index is 11.8. The van der Waals surface area contributed by atoms with Crippen LogP contribution in [0.5, 0.6) is 0 Å². The van der Waals surface area contributed by atoms with Crippen LogP contribution in [-0.2, 0) is 11.2 Å². The molecule has 2 aromatic rings. The standard InChI is InChI=1S/C16H18ClNO/c1-12(17)8-9-18-16(19)11-13-6-7-14-4-2-3-5-15(14)10-13/h2-7,10,12H,8-9,11H2,1H3,(H,18,19). The highest BCUT2D eigenvalue weighted by Gasteiger charge is 2.04. The molecule has 0 aliphatic heterocycles. The van der Waals surface area contributed by atoms with Gasteiger partial charge >= 0.3 is 0 Å². The summed E-state index contributed by atoms with van der Waals surface area (Å²) in [5, 5.41) is 5.35. The van der Waals surface area contributed by atoms with Crippen LogP contribution in [0.1, 0.15) is 18.9 Å². The number of carbonyl (C=O) groups is 1. The van der Waals surface area contributed by atoms with Crippen LogP contribution in [0, 0.1) is 0 Å². The molecule has 19 heavy (non-hydrogen) atoms. The molecule has 0 aromatic heterocycles. The van der Waals surface area contributed by atoms with Crippen LogP contribution in [0.15, 0.2) is 42.5 Å². The first kappa shape index (κ1) is 13.9. The highest BCUT2D eigenvalue weighted by atomic mass is 35.5. The molecule has 1 N–H and O–H groups in total. The summed E-state index contributed by atoms with van der Waals surface area (Å²) >= 11 is 5.84. The number of carbonyl (C=O) groups excluding carboxylic acids is 1. The number of amides is 1. The monoisotopic (exact) mass is 275 g/mol. The normalized spacial score (nSPS) is 12.3. The van der Waals surface area contributed by atoms with Crippen LogP contribution >= 0.6 is 11.6 Å². The summed E-state index contributed by atoms with van der Waals surface area (Å²) in [6.45, 7) is 2.56. The molecular weight excluding hydrogens is 258 g/mol. The Bertz CT molecular complexity index is 565. The van der Waals surface area contributed by atoms with E-state index in [2.05, 4.69) is 29.6 Å². The predicted molar refractivity (Wildman–Crippen MR) is 80.6 cm³/mol. The van der Waals surface area contributed by atoms with Gasteiger partial charge in [-0.2, -0.15) is 0 Å². The van der Waals surface area contributed by atoms with Gasteiger partial charge in [0.15, 0.2) is 0 Å². The minimum Gasteiger partial charge on any atom is -0.356 e. The molecule has 2 nitrogen and oxygen atoms in total. The third-order valence-electron chi connectivity index (χ3n) is 3.04. The highest BCUT2D eigenvalue weighted by Crippen LogP contribution is 2.15. The number of nitrogens with one attached hydrogen (secondary N) is 1. The molecule has 0 fully saturated rings. The van der Waals surface area contributed by atoms with Crippen molar-refractivity contribution in [3.05, 3.63) is 48.0 Å². The second kappa shape index (κ2) is 6.58. The molecule has 0 bridgehead atoms. The Morgan fingerprint density at radius 1 is 1.21 bits per heavy atom. The van der Waals surface area contributed by atoms with E-state index in [1.807, 2.05) is 25.1 Å². The van der Waals surface area contributed by atoms with E-state index in [9.17, 15) is 4.79 Å². The van der Waals surface area contributed by atoms with Crippen molar-refractivity contribution in [3.8, 4) is 0 Å². The number of halogens is 1. The van der Waals surface area contributed by atoms with Crippen LogP contribution in [0.4, 0.5) is 0 Å². The van der Waals surface area contributed by atoms with E-state index in [4.69, 9.17) is 11.6 Å². The third-order valence-corrected chi connectivity index (χ3v) is 3.26. The summed E-state index contributed by atoms with van der Waals surface area (Å²) in [7, 11) is 0. The van der Waals surface area contributed by atoms with Crippen molar-refractivity contribution in [1.82, 2.24) is 5.32 Å². The first-order chi connectivity index (χ1) is 9.15. The molecule has 2 aromatic carbocycles. The Morgan fingerprint density at radius 3 is 2.68 bits per heavy atom. The van der Waals surface area contributed by atoms with Gasteiger partial charge in [0.05, 0.1) is 6.42 Å². The van der Waals surface area contributed by atoms with E-state index in [1.54, 1.807) is 0 Å². The summed E-state index contributed by atoms with van der Waals surface area (Å²) in [5.41, 5.74) is 1.04. The van der Waals surface area contributed by atoms with Crippen molar-refractivity contribution in [1.29, 1.82) is 0 Å². The minimum absolute atomic E-state index is 0.0487. The van der Waals surface area contributed by atoms with Crippen molar-refractivity contribution in [2.24, 2.45) is 0 Å². The van der Waals surface area contributed by atoms with Gasteiger partial charge in [-0.15, -0.1) is 11.6 Å². The van der Waals surface area contributed by atoms with E-state index in [1.165, 1.54) is 10.8 Å². The highest BCUT2D eigenvalue weighted by molar-refractivity contribution is 6.20. The first-order valence-electron chi connectivity index (χ1n) is 6.53. The topological polar surface area (TPSA) is 29.1 Å². The molecule has 1 atom stereocenters. The third kappa shape index (κ3) is 4.25. The molecule has 0 saturated carbocycles. The van der Waals surface area contributed by atoms with E-state index in [0.29, 0.717) is 13.0 Å². The van der Waals surface area contributed by atoms with Gasteiger partial charge in [-0.25, -0.2) is 0 Å². The quantitative estimate of drug-likeness (QED) is 0.831. The number of hydrogen-bond donors (Lipinski definition) is 1. The number of rotatable bonds is 5. The molecule has 0 heterocycles. The average molecular weight is 276 g/mol. The lowest BCUT2D eigenvalue weighted by Gasteiger charge is -2.07. The fourth-order valence-electron chi connectivity index (χ4n) is 2.01. The minimum atomic E-state index is 0.0487. The SMILES string of the molecule is CC(Cl)CCNC(=O)Cc1ccc2ccccc2c1. The van der Waals surface area contributed by atoms with E-state index < -0.39 is 0 Å². The molecule has 2 rings (SSSR count). The molecule has 1 unspecified atom stereocenters. The summed E-state index contributed by atoms with van der Waals surface area (Å²) in [6, 6.07) is 14.3. The molecular formula is C16H18ClNO. The molecule has 100 valence electrons. The van der Waals surface area contributed by atoms with Gasteiger partial charge in [0.25, 0.3) is 0 Å². The number of alkyl halides is 1. The molecule has 0 spiro atoms. The average Bonchev–Trinajstić information content (AvgIpc) is 2.38. The van der Waals surface area contributed by atoms with Gasteiger partial charge in [0, 0.05) is 11.9 Å². The largest absolute Gasteiger partial charge is 0.356 e. The van der Waals surface area contributed by atoms with Gasteiger partial charge in [-0.05, 0) is 29.7 Å². The zero-order valence-corrected chi connectivity index (χ0v) is 11.8. The summed E-state index contributed by atoms with van der Waals surface area (Å²) < 4.78 is 0. The fraction of sp³-hybridized carbons (Fsp3) is 0.312. The van der Waals surface area contributed by atoms with Crippen molar-refractivity contribution >= 4 is 28.3 Å². The lowest BCUT2D eigenvalue weighted by atomic mass is 10.0. The van der Waals surface area contributed by atoms with Gasteiger partial charge < -0.3 is 5.32 Å². The van der Waals surface area contributed by atoms with Crippen molar-refractivity contribution in [3.63, 3.8) is 0 Å². The van der Waals surface area contributed by atoms with Crippen molar-refractivity contribution in [2.45, 2.75) is 25.1 Å². The molecule has 3 heteroatoms. The maximum Gasteiger partial charge on any atom is 0.224 e. The number of benzene rings is 2. The molecule has 0 aliphatic carbocycles. The van der Waals surface area contributed by atoms with Crippen molar-refractivity contribution < 1.29 is 4.79 Å². The molecule has 0 saturated heterocycles. The number of hydrogen-bond acceptors (Lipinski definition) is 1. The Balaban J connectivity index is 1.95. The Labute approximate surface area is 118 Å². The Kier molecular flexibility index (Phi) is 4.80. The second-order valence-corrected chi connectivity index (χ2v) is 5.52. The second-order valence-electron chi connectivity index (χ2n) is 4.78. The van der Waals surface area contributed by atoms with Crippen LogP contribution in [0.25, 0.3) is 10.8 Å². The molecule has 1 amide bonds. The van der Waals surface area contributed by atoms with Gasteiger partial charge in [-0.1, -0.05) is 42.5 Å². The number of fused-ring (bicyclic) bond motifs is 1. The summed E-state index contributed by atoms with van der Waals surface area (Å²) in [4.78, 5) is 11.8. The van der Waals surface area contributed by atoms with Gasteiger partial charge in [0.1, 0.15) is 0 Å². The zero-order valence-electron chi connectivity index (χ0n) is 11.0. The summed E-state index contributed by atoms with van der Waals surface area (Å²) in [6.07, 6.45) is 1.21.